The van der Waals surface area contributed by atoms with Gasteiger partial charge < -0.3 is 5.32 Å². The molecule has 0 spiro atoms. The van der Waals surface area contributed by atoms with Crippen molar-refractivity contribution in [1.29, 1.82) is 0 Å². The van der Waals surface area contributed by atoms with Gasteiger partial charge in [-0.15, -0.1) is 11.3 Å². The summed E-state index contributed by atoms with van der Waals surface area (Å²) < 4.78 is 0. The lowest BCUT2D eigenvalue weighted by molar-refractivity contribution is 0.105. The lowest BCUT2D eigenvalue weighted by Crippen LogP contribution is -1.93. The number of carbonyl (C=O) groups is 1. The van der Waals surface area contributed by atoms with Gasteiger partial charge in [0.05, 0.1) is 16.3 Å². The molecule has 0 fully saturated rings. The number of hydrogen-bond donors (Lipinski definition) is 1. The summed E-state index contributed by atoms with van der Waals surface area (Å²) >= 11 is 1.43. The second-order valence-corrected chi connectivity index (χ2v) is 5.85. The van der Waals surface area contributed by atoms with Crippen LogP contribution in [0.4, 0.5) is 17.1 Å². The van der Waals surface area contributed by atoms with Gasteiger partial charge in [-0.25, -0.2) is 0 Å². The number of carbonyl (C=O) groups excluding carboxylic acids is 1. The standard InChI is InChI=1S/C19H15N3OS/c23-18(19-7-4-14-24-19)12-13-20-15-8-10-17(11-9-15)22-21-16-5-2-1-3-6-16/h1-14,20H/b13-12+,22-21?. The molecule has 0 saturated carbocycles. The number of hydrogen-bond acceptors (Lipinski definition) is 5. The minimum Gasteiger partial charge on any atom is -0.362 e. The zero-order chi connectivity index (χ0) is 16.6. The summed E-state index contributed by atoms with van der Waals surface area (Å²) in [5, 5.41) is 13.3. The van der Waals surface area contributed by atoms with Crippen molar-refractivity contribution in [2.75, 3.05) is 5.32 Å². The highest BCUT2D eigenvalue weighted by Crippen LogP contribution is 2.20. The largest absolute Gasteiger partial charge is 0.362 e. The van der Waals surface area contributed by atoms with Crippen LogP contribution in [-0.4, -0.2) is 5.78 Å². The molecule has 0 aliphatic heterocycles. The topological polar surface area (TPSA) is 53.8 Å². The van der Waals surface area contributed by atoms with Crippen LogP contribution in [0.5, 0.6) is 0 Å². The monoisotopic (exact) mass is 333 g/mol. The van der Waals surface area contributed by atoms with Crippen molar-refractivity contribution in [3.63, 3.8) is 0 Å². The van der Waals surface area contributed by atoms with Gasteiger partial charge in [-0.05, 0) is 47.8 Å². The highest BCUT2D eigenvalue weighted by molar-refractivity contribution is 7.12. The van der Waals surface area contributed by atoms with E-state index in [0.717, 1.165) is 21.9 Å². The molecule has 118 valence electrons. The van der Waals surface area contributed by atoms with Gasteiger partial charge in [0.15, 0.2) is 5.78 Å². The van der Waals surface area contributed by atoms with Gasteiger partial charge in [-0.1, -0.05) is 24.3 Å². The SMILES string of the molecule is O=C(/C=C/Nc1ccc(N=Nc2ccccc2)cc1)c1cccs1. The maximum atomic E-state index is 11.8. The molecule has 3 aromatic rings. The summed E-state index contributed by atoms with van der Waals surface area (Å²) in [4.78, 5) is 12.6. The Bertz CT molecular complexity index is 838. The molecule has 0 amide bonds. The van der Waals surface area contributed by atoms with E-state index < -0.39 is 0 Å². The number of nitrogens with zero attached hydrogens (tertiary/aromatic N) is 2. The Morgan fingerprint density at radius 3 is 2.25 bits per heavy atom. The third kappa shape index (κ3) is 4.47. The Morgan fingerprint density at radius 2 is 1.58 bits per heavy atom. The van der Waals surface area contributed by atoms with E-state index in [-0.39, 0.29) is 5.78 Å². The smallest absolute Gasteiger partial charge is 0.197 e. The third-order valence-electron chi connectivity index (χ3n) is 3.15. The molecule has 1 heterocycles. The van der Waals surface area contributed by atoms with E-state index in [4.69, 9.17) is 0 Å². The molecule has 5 heteroatoms. The Balaban J connectivity index is 1.57. The van der Waals surface area contributed by atoms with Crippen LogP contribution in [-0.2, 0) is 0 Å². The summed E-state index contributed by atoms with van der Waals surface area (Å²) in [6.45, 7) is 0. The molecule has 0 saturated heterocycles. The van der Waals surface area contributed by atoms with Crippen molar-refractivity contribution in [3.8, 4) is 0 Å². The molecule has 0 aliphatic carbocycles. The molecular formula is C19H15N3OS. The first-order valence-electron chi connectivity index (χ1n) is 7.39. The van der Waals surface area contributed by atoms with Gasteiger partial charge in [-0.2, -0.15) is 10.2 Å². The van der Waals surface area contributed by atoms with Crippen LogP contribution in [0.25, 0.3) is 0 Å². The molecule has 0 radical (unpaired) electrons. The van der Waals surface area contributed by atoms with Crippen molar-refractivity contribution in [2.45, 2.75) is 0 Å². The van der Waals surface area contributed by atoms with E-state index in [1.54, 1.807) is 6.20 Å². The van der Waals surface area contributed by atoms with Crippen molar-refractivity contribution < 1.29 is 4.79 Å². The molecule has 1 N–H and O–H groups in total. The molecule has 0 atom stereocenters. The van der Waals surface area contributed by atoms with Gasteiger partial charge in [0.25, 0.3) is 0 Å². The quantitative estimate of drug-likeness (QED) is 0.343. The maximum Gasteiger partial charge on any atom is 0.197 e. The van der Waals surface area contributed by atoms with E-state index >= 15 is 0 Å². The minimum absolute atomic E-state index is 0.00854. The van der Waals surface area contributed by atoms with E-state index in [2.05, 4.69) is 15.5 Å². The summed E-state index contributed by atoms with van der Waals surface area (Å²) in [6, 6.07) is 20.8. The molecule has 0 bridgehead atoms. The summed E-state index contributed by atoms with van der Waals surface area (Å²) in [5.74, 6) is -0.00854. The Hall–Kier alpha value is -3.05. The van der Waals surface area contributed by atoms with Gasteiger partial charge in [-0.3, -0.25) is 4.79 Å². The molecule has 2 aromatic carbocycles. The van der Waals surface area contributed by atoms with Crippen molar-refractivity contribution in [1.82, 2.24) is 0 Å². The molecule has 4 nitrogen and oxygen atoms in total. The average Bonchev–Trinajstić information content (AvgIpc) is 3.17. The Kier molecular flexibility index (Phi) is 5.27. The van der Waals surface area contributed by atoms with Crippen LogP contribution in [0.15, 0.2) is 94.6 Å². The normalized spacial score (nSPS) is 11.2. The summed E-state index contributed by atoms with van der Waals surface area (Å²) in [6.07, 6.45) is 3.16. The van der Waals surface area contributed by atoms with Crippen LogP contribution in [0.3, 0.4) is 0 Å². The number of benzene rings is 2. The van der Waals surface area contributed by atoms with E-state index in [0.29, 0.717) is 0 Å². The predicted octanol–water partition coefficient (Wildman–Crippen LogP) is 5.97. The Labute approximate surface area is 144 Å². The fourth-order valence-corrected chi connectivity index (χ4v) is 2.59. The lowest BCUT2D eigenvalue weighted by atomic mass is 10.3. The van der Waals surface area contributed by atoms with E-state index in [1.165, 1.54) is 17.4 Å². The van der Waals surface area contributed by atoms with Crippen LogP contribution in [0.2, 0.25) is 0 Å². The number of rotatable bonds is 6. The minimum atomic E-state index is -0.00854. The summed E-state index contributed by atoms with van der Waals surface area (Å²) in [7, 11) is 0. The number of anilines is 1. The molecular weight excluding hydrogens is 318 g/mol. The van der Waals surface area contributed by atoms with E-state index in [1.807, 2.05) is 72.1 Å². The number of azo groups is 1. The first-order chi connectivity index (χ1) is 11.8. The Morgan fingerprint density at radius 1 is 0.875 bits per heavy atom. The van der Waals surface area contributed by atoms with Crippen molar-refractivity contribution >= 4 is 34.2 Å². The van der Waals surface area contributed by atoms with Crippen molar-refractivity contribution in [3.05, 3.63) is 89.3 Å². The van der Waals surface area contributed by atoms with Crippen LogP contribution >= 0.6 is 11.3 Å². The second-order valence-electron chi connectivity index (χ2n) is 4.90. The van der Waals surface area contributed by atoms with Gasteiger partial charge in [0, 0.05) is 18.0 Å². The third-order valence-corrected chi connectivity index (χ3v) is 4.04. The molecule has 24 heavy (non-hydrogen) atoms. The second kappa shape index (κ2) is 7.99. The zero-order valence-electron chi connectivity index (χ0n) is 12.8. The van der Waals surface area contributed by atoms with Crippen molar-refractivity contribution in [2.24, 2.45) is 10.2 Å². The van der Waals surface area contributed by atoms with Gasteiger partial charge >= 0.3 is 0 Å². The number of nitrogens with one attached hydrogen (secondary N) is 1. The number of allylic oxidation sites excluding steroid dienone is 1. The highest BCUT2D eigenvalue weighted by atomic mass is 32.1. The first-order valence-corrected chi connectivity index (χ1v) is 8.27. The predicted molar refractivity (Wildman–Crippen MR) is 98.5 cm³/mol. The molecule has 1 aromatic heterocycles. The van der Waals surface area contributed by atoms with Gasteiger partial charge in [0.1, 0.15) is 0 Å². The molecule has 0 aliphatic rings. The van der Waals surface area contributed by atoms with E-state index in [9.17, 15) is 4.79 Å². The molecule has 3 rings (SSSR count). The lowest BCUT2D eigenvalue weighted by Gasteiger charge is -2.00. The summed E-state index contributed by atoms with van der Waals surface area (Å²) in [5.41, 5.74) is 2.46. The van der Waals surface area contributed by atoms with Crippen LogP contribution in [0.1, 0.15) is 9.67 Å². The fourth-order valence-electron chi connectivity index (χ4n) is 1.95. The van der Waals surface area contributed by atoms with Crippen LogP contribution < -0.4 is 5.32 Å². The molecule has 0 unspecified atom stereocenters. The highest BCUT2D eigenvalue weighted by Gasteiger charge is 2.00. The number of thiophene rings is 1. The van der Waals surface area contributed by atoms with Crippen LogP contribution in [0, 0.1) is 0 Å². The zero-order valence-corrected chi connectivity index (χ0v) is 13.6. The maximum absolute atomic E-state index is 11.8. The van der Waals surface area contributed by atoms with Gasteiger partial charge in [0.2, 0.25) is 0 Å². The fraction of sp³-hybridized carbons (Fsp3) is 0. The average molecular weight is 333 g/mol. The number of ketones is 1. The first kappa shape index (κ1) is 15.8.